The van der Waals surface area contributed by atoms with Gasteiger partial charge in [0.15, 0.2) is 0 Å². The number of nitrogens with zero attached hydrogens (tertiary/aromatic N) is 3. The fourth-order valence-electron chi connectivity index (χ4n) is 3.41. The van der Waals surface area contributed by atoms with Crippen molar-refractivity contribution in [3.05, 3.63) is 65.8 Å². The van der Waals surface area contributed by atoms with Gasteiger partial charge >= 0.3 is 0 Å². The van der Waals surface area contributed by atoms with Crippen molar-refractivity contribution < 1.29 is 13.6 Å². The van der Waals surface area contributed by atoms with Gasteiger partial charge < -0.3 is 14.2 Å². The lowest BCUT2D eigenvalue weighted by Crippen LogP contribution is -2.39. The minimum atomic E-state index is -0.0106. The Hall–Kier alpha value is -2.80. The number of aromatic nitrogens is 2. The van der Waals surface area contributed by atoms with Gasteiger partial charge in [0, 0.05) is 19.3 Å². The highest BCUT2D eigenvalue weighted by atomic mass is 16.3. The summed E-state index contributed by atoms with van der Waals surface area (Å²) < 4.78 is 12.9. The fourth-order valence-corrected chi connectivity index (χ4v) is 3.41. The van der Waals surface area contributed by atoms with Crippen LogP contribution in [-0.2, 0) is 24.4 Å². The van der Waals surface area contributed by atoms with Crippen LogP contribution in [0.3, 0.4) is 0 Å². The smallest absolute Gasteiger partial charge is 0.222 e. The van der Waals surface area contributed by atoms with Crippen LogP contribution in [-0.4, -0.2) is 27.1 Å². The van der Waals surface area contributed by atoms with Crippen LogP contribution >= 0.6 is 0 Å². The third-order valence-corrected chi connectivity index (χ3v) is 4.59. The number of hydrogen-bond acceptors (Lipinski definition) is 5. The van der Waals surface area contributed by atoms with Crippen molar-refractivity contribution in [2.75, 3.05) is 6.54 Å². The summed E-state index contributed by atoms with van der Waals surface area (Å²) in [7, 11) is 0. The molecule has 4 heterocycles. The Morgan fingerprint density at radius 3 is 3.00 bits per heavy atom. The standard InChI is InChI=1S/C19H22N4O3/c1-14-4-5-18(26-14)13-22-11-15-6-7-21-23(15)16(12-22)9-19(24)20-10-17-3-2-8-25-17/h2-8,16H,9-13H2,1H3,(H,20,24)/t16-/m0/s1. The van der Waals surface area contributed by atoms with E-state index in [9.17, 15) is 4.79 Å². The van der Waals surface area contributed by atoms with E-state index in [0.717, 1.165) is 42.6 Å². The molecule has 136 valence electrons. The van der Waals surface area contributed by atoms with Crippen LogP contribution in [0.25, 0.3) is 0 Å². The zero-order valence-corrected chi connectivity index (χ0v) is 14.7. The third-order valence-electron chi connectivity index (χ3n) is 4.59. The summed E-state index contributed by atoms with van der Waals surface area (Å²) in [5.74, 6) is 2.59. The van der Waals surface area contributed by atoms with E-state index in [1.165, 1.54) is 0 Å². The maximum Gasteiger partial charge on any atom is 0.222 e. The average Bonchev–Trinajstić information content (AvgIpc) is 3.35. The van der Waals surface area contributed by atoms with E-state index < -0.39 is 0 Å². The second kappa shape index (κ2) is 7.21. The molecule has 7 nitrogen and oxygen atoms in total. The van der Waals surface area contributed by atoms with Crippen LogP contribution in [0.15, 0.2) is 51.6 Å². The lowest BCUT2D eigenvalue weighted by atomic mass is 10.1. The molecule has 7 heteroatoms. The number of aryl methyl sites for hydroxylation is 1. The summed E-state index contributed by atoms with van der Waals surface area (Å²) in [5, 5.41) is 7.33. The molecule has 0 unspecified atom stereocenters. The van der Waals surface area contributed by atoms with Gasteiger partial charge in [0.2, 0.25) is 5.91 Å². The largest absolute Gasteiger partial charge is 0.467 e. The molecule has 1 amide bonds. The maximum absolute atomic E-state index is 12.4. The highest BCUT2D eigenvalue weighted by Crippen LogP contribution is 2.24. The molecule has 26 heavy (non-hydrogen) atoms. The summed E-state index contributed by atoms with van der Waals surface area (Å²) >= 11 is 0. The summed E-state index contributed by atoms with van der Waals surface area (Å²) in [5.41, 5.74) is 1.11. The highest BCUT2D eigenvalue weighted by molar-refractivity contribution is 5.76. The Labute approximate surface area is 151 Å². The quantitative estimate of drug-likeness (QED) is 0.736. The van der Waals surface area contributed by atoms with Crippen LogP contribution in [0.2, 0.25) is 0 Å². The van der Waals surface area contributed by atoms with Gasteiger partial charge in [-0.15, -0.1) is 0 Å². The number of furan rings is 2. The van der Waals surface area contributed by atoms with Crippen LogP contribution in [0.1, 0.15) is 35.4 Å². The molecule has 0 bridgehead atoms. The Bertz CT molecular complexity index is 865. The monoisotopic (exact) mass is 354 g/mol. The van der Waals surface area contributed by atoms with Crippen molar-refractivity contribution >= 4 is 5.91 Å². The summed E-state index contributed by atoms with van der Waals surface area (Å²) in [4.78, 5) is 14.7. The number of fused-ring (bicyclic) bond motifs is 1. The van der Waals surface area contributed by atoms with Gasteiger partial charge in [0.1, 0.15) is 17.3 Å². The van der Waals surface area contributed by atoms with E-state index in [1.807, 2.05) is 41.9 Å². The fraction of sp³-hybridized carbons (Fsp3) is 0.368. The van der Waals surface area contributed by atoms with Crippen molar-refractivity contribution in [3.63, 3.8) is 0 Å². The molecular weight excluding hydrogens is 332 g/mol. The van der Waals surface area contributed by atoms with Crippen LogP contribution in [0.5, 0.6) is 0 Å². The molecule has 1 atom stereocenters. The molecule has 0 aliphatic carbocycles. The van der Waals surface area contributed by atoms with Gasteiger partial charge in [-0.05, 0) is 37.3 Å². The number of rotatable bonds is 6. The molecule has 3 aromatic rings. The van der Waals surface area contributed by atoms with E-state index in [4.69, 9.17) is 8.83 Å². The van der Waals surface area contributed by atoms with E-state index >= 15 is 0 Å². The first-order valence-electron chi connectivity index (χ1n) is 8.76. The van der Waals surface area contributed by atoms with Crippen molar-refractivity contribution in [2.45, 2.75) is 39.0 Å². The Morgan fingerprint density at radius 2 is 2.23 bits per heavy atom. The van der Waals surface area contributed by atoms with Gasteiger partial charge in [-0.2, -0.15) is 5.10 Å². The van der Waals surface area contributed by atoms with Crippen molar-refractivity contribution in [1.82, 2.24) is 20.0 Å². The topological polar surface area (TPSA) is 76.4 Å². The average molecular weight is 354 g/mol. The zero-order valence-electron chi connectivity index (χ0n) is 14.7. The lowest BCUT2D eigenvalue weighted by Gasteiger charge is -2.33. The first kappa shape index (κ1) is 16.7. The summed E-state index contributed by atoms with van der Waals surface area (Å²) in [6.45, 7) is 4.62. The maximum atomic E-state index is 12.4. The number of hydrogen-bond donors (Lipinski definition) is 1. The molecule has 4 rings (SSSR count). The second-order valence-electron chi connectivity index (χ2n) is 6.66. The molecule has 1 aliphatic heterocycles. The third kappa shape index (κ3) is 3.72. The number of carbonyl (C=O) groups is 1. The van der Waals surface area contributed by atoms with Gasteiger partial charge in [-0.1, -0.05) is 0 Å². The predicted molar refractivity (Wildman–Crippen MR) is 94.0 cm³/mol. The molecule has 0 aromatic carbocycles. The normalized spacial score (nSPS) is 17.2. The van der Waals surface area contributed by atoms with Gasteiger partial charge in [-0.25, -0.2) is 0 Å². The van der Waals surface area contributed by atoms with Crippen LogP contribution < -0.4 is 5.32 Å². The molecular formula is C19H22N4O3. The molecule has 0 saturated heterocycles. The van der Waals surface area contributed by atoms with Gasteiger partial charge in [-0.3, -0.25) is 14.4 Å². The predicted octanol–water partition coefficient (Wildman–Crippen LogP) is 2.64. The Morgan fingerprint density at radius 1 is 1.31 bits per heavy atom. The molecule has 1 N–H and O–H groups in total. The number of carbonyl (C=O) groups excluding carboxylic acids is 1. The minimum Gasteiger partial charge on any atom is -0.467 e. The van der Waals surface area contributed by atoms with Crippen molar-refractivity contribution in [2.24, 2.45) is 0 Å². The summed E-state index contributed by atoms with van der Waals surface area (Å²) in [6.07, 6.45) is 3.78. The molecule has 0 spiro atoms. The van der Waals surface area contributed by atoms with E-state index in [2.05, 4.69) is 15.3 Å². The first-order valence-corrected chi connectivity index (χ1v) is 8.76. The Balaban J connectivity index is 1.40. The molecule has 0 saturated carbocycles. The summed E-state index contributed by atoms with van der Waals surface area (Å²) in [6, 6.07) is 9.65. The molecule has 3 aromatic heterocycles. The Kier molecular flexibility index (Phi) is 4.62. The number of amides is 1. The number of nitrogens with one attached hydrogen (secondary N) is 1. The SMILES string of the molecule is Cc1ccc(CN2Cc3ccnn3[C@@H](CC(=O)NCc3ccco3)C2)o1. The zero-order chi connectivity index (χ0) is 17.9. The van der Waals surface area contributed by atoms with E-state index in [1.54, 1.807) is 12.5 Å². The first-order chi connectivity index (χ1) is 12.7. The molecule has 0 fully saturated rings. The second-order valence-corrected chi connectivity index (χ2v) is 6.66. The van der Waals surface area contributed by atoms with Crippen LogP contribution in [0, 0.1) is 6.92 Å². The van der Waals surface area contributed by atoms with Crippen molar-refractivity contribution in [1.29, 1.82) is 0 Å². The highest BCUT2D eigenvalue weighted by Gasteiger charge is 2.27. The molecule has 1 aliphatic rings. The van der Waals surface area contributed by atoms with Gasteiger partial charge in [0.25, 0.3) is 0 Å². The van der Waals surface area contributed by atoms with Crippen molar-refractivity contribution in [3.8, 4) is 0 Å². The van der Waals surface area contributed by atoms with Gasteiger partial charge in [0.05, 0.1) is 37.5 Å². The minimum absolute atomic E-state index is 0.00131. The van der Waals surface area contributed by atoms with E-state index in [0.29, 0.717) is 13.0 Å². The van der Waals surface area contributed by atoms with E-state index in [-0.39, 0.29) is 11.9 Å². The molecule has 0 radical (unpaired) electrons. The van der Waals surface area contributed by atoms with Crippen LogP contribution in [0.4, 0.5) is 0 Å². The lowest BCUT2D eigenvalue weighted by molar-refractivity contribution is -0.122.